The molecule has 1 aromatic carbocycles. The molecular formula is C10H10BrN3O6. The first-order valence-corrected chi connectivity index (χ1v) is 6.33. The van der Waals surface area contributed by atoms with Crippen molar-refractivity contribution >= 4 is 38.9 Å². The maximum Gasteiger partial charge on any atom is 0.278 e. The summed E-state index contributed by atoms with van der Waals surface area (Å²) < 4.78 is 0. The van der Waals surface area contributed by atoms with Crippen molar-refractivity contribution in [3.63, 3.8) is 0 Å². The number of nitro groups is 2. The van der Waals surface area contributed by atoms with E-state index in [0.29, 0.717) is 0 Å². The molecule has 20 heavy (non-hydrogen) atoms. The molecule has 0 aromatic heterocycles. The minimum Gasteiger partial charge on any atom is -0.379 e. The summed E-state index contributed by atoms with van der Waals surface area (Å²) in [5, 5.41) is 33.2. The average molecular weight is 348 g/mol. The van der Waals surface area contributed by atoms with E-state index in [2.05, 4.69) is 21.2 Å². The van der Waals surface area contributed by atoms with E-state index in [-0.39, 0.29) is 11.0 Å². The van der Waals surface area contributed by atoms with E-state index in [4.69, 9.17) is 0 Å². The molecule has 0 aliphatic rings. The Morgan fingerprint density at radius 2 is 1.75 bits per heavy atom. The van der Waals surface area contributed by atoms with Gasteiger partial charge in [0.05, 0.1) is 21.6 Å². The Hall–Kier alpha value is -2.07. The highest BCUT2D eigenvalue weighted by Crippen LogP contribution is 2.26. The highest BCUT2D eigenvalue weighted by Gasteiger charge is 2.29. The number of amides is 1. The van der Waals surface area contributed by atoms with Gasteiger partial charge in [-0.1, -0.05) is 15.9 Å². The van der Waals surface area contributed by atoms with Crippen molar-refractivity contribution in [2.75, 3.05) is 10.6 Å². The highest BCUT2D eigenvalue weighted by molar-refractivity contribution is 9.09. The number of nitrogens with one attached hydrogen (secondary N) is 1. The van der Waals surface area contributed by atoms with E-state index < -0.39 is 32.7 Å². The van der Waals surface area contributed by atoms with Gasteiger partial charge in [-0.2, -0.15) is 0 Å². The Kier molecular flexibility index (Phi) is 4.73. The monoisotopic (exact) mass is 347 g/mol. The molecule has 0 saturated heterocycles. The van der Waals surface area contributed by atoms with Gasteiger partial charge in [0, 0.05) is 17.5 Å². The van der Waals surface area contributed by atoms with Crippen molar-refractivity contribution in [1.29, 1.82) is 0 Å². The van der Waals surface area contributed by atoms with Gasteiger partial charge in [-0.3, -0.25) is 25.0 Å². The Morgan fingerprint density at radius 1 is 1.30 bits per heavy atom. The summed E-state index contributed by atoms with van der Waals surface area (Å²) in [4.78, 5) is 31.4. The molecule has 0 spiro atoms. The predicted molar refractivity (Wildman–Crippen MR) is 72.8 cm³/mol. The molecule has 0 unspecified atom stereocenters. The number of rotatable bonds is 5. The number of halogens is 1. The zero-order chi connectivity index (χ0) is 15.5. The van der Waals surface area contributed by atoms with Gasteiger partial charge in [0.1, 0.15) is 5.60 Å². The van der Waals surface area contributed by atoms with Gasteiger partial charge in [0.25, 0.3) is 17.3 Å². The topological polar surface area (TPSA) is 136 Å². The summed E-state index contributed by atoms with van der Waals surface area (Å²) in [6.07, 6.45) is 0. The molecule has 1 atom stereocenters. The maximum absolute atomic E-state index is 11.7. The first-order chi connectivity index (χ1) is 9.17. The quantitative estimate of drug-likeness (QED) is 0.471. The van der Waals surface area contributed by atoms with Crippen LogP contribution in [0.1, 0.15) is 6.92 Å². The van der Waals surface area contributed by atoms with Gasteiger partial charge in [0.2, 0.25) is 0 Å². The number of anilines is 1. The molecular weight excluding hydrogens is 338 g/mol. The van der Waals surface area contributed by atoms with Gasteiger partial charge in [-0.15, -0.1) is 0 Å². The Balaban J connectivity index is 3.15. The van der Waals surface area contributed by atoms with Crippen LogP contribution in [0.4, 0.5) is 17.1 Å². The van der Waals surface area contributed by atoms with Crippen LogP contribution in [0.2, 0.25) is 0 Å². The Bertz CT molecular complexity index is 542. The highest BCUT2D eigenvalue weighted by atomic mass is 79.9. The number of carbonyl (C=O) groups is 1. The predicted octanol–water partition coefficient (Wildman–Crippen LogP) is 1.59. The average Bonchev–Trinajstić information content (AvgIpc) is 2.38. The third-order valence-corrected chi connectivity index (χ3v) is 3.42. The summed E-state index contributed by atoms with van der Waals surface area (Å²) in [5.41, 5.74) is -2.96. The van der Waals surface area contributed by atoms with Gasteiger partial charge >= 0.3 is 0 Å². The van der Waals surface area contributed by atoms with Crippen molar-refractivity contribution in [2.24, 2.45) is 0 Å². The summed E-state index contributed by atoms with van der Waals surface area (Å²) in [6.45, 7) is 1.23. The summed E-state index contributed by atoms with van der Waals surface area (Å²) in [6, 6.07) is 2.71. The van der Waals surface area contributed by atoms with Crippen molar-refractivity contribution in [3.8, 4) is 0 Å². The lowest BCUT2D eigenvalue weighted by molar-refractivity contribution is -0.394. The molecule has 0 saturated carbocycles. The van der Waals surface area contributed by atoms with Crippen molar-refractivity contribution in [1.82, 2.24) is 0 Å². The summed E-state index contributed by atoms with van der Waals surface area (Å²) >= 11 is 2.93. The van der Waals surface area contributed by atoms with Gasteiger partial charge in [0.15, 0.2) is 0 Å². The molecule has 0 fully saturated rings. The number of hydrogen-bond acceptors (Lipinski definition) is 6. The number of benzene rings is 1. The van der Waals surface area contributed by atoms with Crippen molar-refractivity contribution in [3.05, 3.63) is 38.4 Å². The maximum atomic E-state index is 11.7. The molecule has 0 aliphatic carbocycles. The first kappa shape index (κ1) is 16.0. The SMILES string of the molecule is C[C@](O)(CBr)C(=O)Nc1cc([N+](=O)[O-])cc([N+](=O)[O-])c1. The van der Waals surface area contributed by atoms with E-state index in [1.54, 1.807) is 0 Å². The number of non-ortho nitro benzene ring substituents is 2. The van der Waals surface area contributed by atoms with Crippen LogP contribution in [0.3, 0.4) is 0 Å². The lowest BCUT2D eigenvalue weighted by Gasteiger charge is -2.19. The Labute approximate surface area is 121 Å². The second kappa shape index (κ2) is 5.92. The lowest BCUT2D eigenvalue weighted by Crippen LogP contribution is -2.41. The van der Waals surface area contributed by atoms with E-state index >= 15 is 0 Å². The molecule has 0 bridgehead atoms. The second-order valence-corrected chi connectivity index (χ2v) is 4.67. The molecule has 0 radical (unpaired) electrons. The summed E-state index contributed by atoms with van der Waals surface area (Å²) in [5.74, 6) is -0.843. The number of alkyl halides is 1. The van der Waals surface area contributed by atoms with Crippen LogP contribution >= 0.6 is 15.9 Å². The smallest absolute Gasteiger partial charge is 0.278 e. The second-order valence-electron chi connectivity index (χ2n) is 4.11. The number of carbonyl (C=O) groups excluding carboxylic acids is 1. The van der Waals surface area contributed by atoms with Crippen LogP contribution < -0.4 is 5.32 Å². The molecule has 108 valence electrons. The van der Waals surface area contributed by atoms with Crippen LogP contribution in [0.15, 0.2) is 18.2 Å². The zero-order valence-electron chi connectivity index (χ0n) is 10.2. The van der Waals surface area contributed by atoms with Gasteiger partial charge < -0.3 is 10.4 Å². The fourth-order valence-electron chi connectivity index (χ4n) is 1.20. The van der Waals surface area contributed by atoms with E-state index in [9.17, 15) is 30.1 Å². The van der Waals surface area contributed by atoms with Crippen molar-refractivity contribution in [2.45, 2.75) is 12.5 Å². The molecule has 0 heterocycles. The first-order valence-electron chi connectivity index (χ1n) is 5.21. The van der Waals surface area contributed by atoms with Crippen LogP contribution in [0.25, 0.3) is 0 Å². The molecule has 1 rings (SSSR count). The number of hydrogen-bond donors (Lipinski definition) is 2. The van der Waals surface area contributed by atoms with Crippen LogP contribution in [-0.4, -0.2) is 31.8 Å². The Morgan fingerprint density at radius 3 is 2.10 bits per heavy atom. The van der Waals surface area contributed by atoms with Crippen molar-refractivity contribution < 1.29 is 19.7 Å². The van der Waals surface area contributed by atoms with E-state index in [1.165, 1.54) is 6.92 Å². The van der Waals surface area contributed by atoms with E-state index in [1.807, 2.05) is 0 Å². The molecule has 2 N–H and O–H groups in total. The molecule has 1 amide bonds. The number of nitro benzene ring substituents is 2. The largest absolute Gasteiger partial charge is 0.379 e. The molecule has 10 heteroatoms. The number of aliphatic hydroxyl groups is 1. The number of nitrogens with zero attached hydrogens (tertiary/aromatic N) is 2. The van der Waals surface area contributed by atoms with Crippen LogP contribution in [-0.2, 0) is 4.79 Å². The minimum atomic E-state index is -1.75. The third kappa shape index (κ3) is 3.71. The minimum absolute atomic E-state index is 0.0666. The van der Waals surface area contributed by atoms with E-state index in [0.717, 1.165) is 18.2 Å². The normalized spacial score (nSPS) is 13.3. The zero-order valence-corrected chi connectivity index (χ0v) is 11.8. The van der Waals surface area contributed by atoms with Crippen LogP contribution in [0, 0.1) is 20.2 Å². The molecule has 0 aliphatic heterocycles. The lowest BCUT2D eigenvalue weighted by atomic mass is 10.1. The molecule has 9 nitrogen and oxygen atoms in total. The van der Waals surface area contributed by atoms with Gasteiger partial charge in [-0.05, 0) is 6.92 Å². The fourth-order valence-corrected chi connectivity index (χ4v) is 1.46. The van der Waals surface area contributed by atoms with Crippen LogP contribution in [0.5, 0.6) is 0 Å². The fraction of sp³-hybridized carbons (Fsp3) is 0.300. The molecule has 1 aromatic rings. The van der Waals surface area contributed by atoms with Gasteiger partial charge in [-0.25, -0.2) is 0 Å². The third-order valence-electron chi connectivity index (χ3n) is 2.33. The summed E-state index contributed by atoms with van der Waals surface area (Å²) in [7, 11) is 0. The standard InChI is InChI=1S/C10H10BrN3O6/c1-10(16,5-11)9(15)12-6-2-7(13(17)18)4-8(3-6)14(19)20/h2-4,16H,5H2,1H3,(H,12,15)/t10-/m0/s1.